The molecule has 8 saturated carbocycles. The Morgan fingerprint density at radius 3 is 2.65 bits per heavy atom. The highest BCUT2D eigenvalue weighted by Gasteiger charge is 2.78. The molecular formula is C19H27B. The van der Waals surface area contributed by atoms with Crippen molar-refractivity contribution in [3.05, 3.63) is 12.7 Å². The normalized spacial score (nSPS) is 71.4. The van der Waals surface area contributed by atoms with E-state index in [1.165, 1.54) is 6.42 Å². The molecule has 0 saturated heterocycles. The van der Waals surface area contributed by atoms with E-state index in [4.69, 9.17) is 0 Å². The average Bonchev–Trinajstić information content (AvgIpc) is 2.48. The SMILES string of the molecule is BC12C3CCCC4C3CC3C5CC(CC31)CC2(C=C)C45. The maximum Gasteiger partial charge on any atom is 0.111 e. The molecule has 0 aromatic carbocycles. The topological polar surface area (TPSA) is 0 Å². The summed E-state index contributed by atoms with van der Waals surface area (Å²) in [7, 11) is 2.75. The van der Waals surface area contributed by atoms with Crippen molar-refractivity contribution < 1.29 is 0 Å². The number of allylic oxidation sites excluding steroid dienone is 1. The lowest BCUT2D eigenvalue weighted by molar-refractivity contribution is -0.286. The molecule has 106 valence electrons. The van der Waals surface area contributed by atoms with Gasteiger partial charge in [-0.1, -0.05) is 18.9 Å². The van der Waals surface area contributed by atoms with Crippen molar-refractivity contribution in [2.24, 2.45) is 52.8 Å². The van der Waals surface area contributed by atoms with Crippen molar-refractivity contribution in [2.75, 3.05) is 0 Å². The van der Waals surface area contributed by atoms with Gasteiger partial charge in [-0.2, -0.15) is 0 Å². The van der Waals surface area contributed by atoms with Crippen LogP contribution in [0.25, 0.3) is 0 Å². The third-order valence-electron chi connectivity index (χ3n) is 9.97. The molecule has 0 aromatic heterocycles. The highest BCUT2D eigenvalue weighted by molar-refractivity contribution is 6.17. The molecule has 0 N–H and O–H groups in total. The quantitative estimate of drug-likeness (QED) is 0.501. The Labute approximate surface area is 124 Å². The van der Waals surface area contributed by atoms with E-state index in [0.717, 1.165) is 47.3 Å². The Hall–Kier alpha value is -0.195. The summed E-state index contributed by atoms with van der Waals surface area (Å²) in [6.07, 6.45) is 13.5. The lowest BCUT2D eigenvalue weighted by atomic mass is 9.17. The molecule has 1 heteroatoms. The van der Waals surface area contributed by atoms with Crippen molar-refractivity contribution in [1.82, 2.24) is 0 Å². The molecule has 0 radical (unpaired) electrons. The van der Waals surface area contributed by atoms with Gasteiger partial charge in [0.1, 0.15) is 7.85 Å². The number of hydrogen-bond acceptors (Lipinski definition) is 0. The molecule has 8 rings (SSSR count). The van der Waals surface area contributed by atoms with Crippen LogP contribution in [0.3, 0.4) is 0 Å². The van der Waals surface area contributed by atoms with Gasteiger partial charge in [0.15, 0.2) is 0 Å². The minimum atomic E-state index is 0.562. The van der Waals surface area contributed by atoms with Gasteiger partial charge in [-0.3, -0.25) is 0 Å². The molecule has 8 aliphatic carbocycles. The van der Waals surface area contributed by atoms with E-state index in [1.54, 1.807) is 38.5 Å². The van der Waals surface area contributed by atoms with Crippen LogP contribution in [0.2, 0.25) is 5.31 Å². The van der Waals surface area contributed by atoms with Gasteiger partial charge in [0, 0.05) is 0 Å². The van der Waals surface area contributed by atoms with Crippen LogP contribution in [0.1, 0.15) is 44.9 Å². The van der Waals surface area contributed by atoms with Crippen molar-refractivity contribution in [1.29, 1.82) is 0 Å². The predicted molar refractivity (Wildman–Crippen MR) is 84.1 cm³/mol. The monoisotopic (exact) mass is 266 g/mol. The molecule has 0 spiro atoms. The molecular weight excluding hydrogens is 239 g/mol. The lowest BCUT2D eigenvalue weighted by Gasteiger charge is -2.83. The van der Waals surface area contributed by atoms with Crippen LogP contribution in [0.15, 0.2) is 12.7 Å². The van der Waals surface area contributed by atoms with E-state index < -0.39 is 0 Å². The fourth-order valence-electron chi connectivity index (χ4n) is 9.92. The Balaban J connectivity index is 1.67. The van der Waals surface area contributed by atoms with Crippen LogP contribution in [0.5, 0.6) is 0 Å². The Kier molecular flexibility index (Phi) is 1.77. The summed E-state index contributed by atoms with van der Waals surface area (Å²) >= 11 is 0. The molecule has 10 bridgehead atoms. The molecule has 0 aliphatic heterocycles. The molecule has 0 nitrogen and oxygen atoms in total. The molecule has 10 atom stereocenters. The summed E-state index contributed by atoms with van der Waals surface area (Å²) in [4.78, 5) is 0. The minimum absolute atomic E-state index is 0.562. The second-order valence-corrected chi connectivity index (χ2v) is 9.63. The first-order valence-corrected chi connectivity index (χ1v) is 9.34. The maximum atomic E-state index is 4.45. The maximum absolute atomic E-state index is 4.45. The summed E-state index contributed by atoms with van der Waals surface area (Å²) in [5, 5.41) is 0.650. The molecule has 0 heterocycles. The zero-order valence-corrected chi connectivity index (χ0v) is 12.9. The second-order valence-electron chi connectivity index (χ2n) is 9.63. The fourth-order valence-corrected chi connectivity index (χ4v) is 9.92. The summed E-state index contributed by atoms with van der Waals surface area (Å²) in [6, 6.07) is 0. The van der Waals surface area contributed by atoms with E-state index >= 15 is 0 Å². The van der Waals surface area contributed by atoms with E-state index in [2.05, 4.69) is 20.5 Å². The Morgan fingerprint density at radius 1 is 0.950 bits per heavy atom. The smallest absolute Gasteiger partial charge is 0.103 e. The van der Waals surface area contributed by atoms with Gasteiger partial charge in [-0.15, -0.1) is 6.58 Å². The highest BCUT2D eigenvalue weighted by Crippen LogP contribution is 2.87. The molecule has 10 unspecified atom stereocenters. The Morgan fingerprint density at radius 2 is 1.80 bits per heavy atom. The summed E-state index contributed by atoms with van der Waals surface area (Å²) in [6.45, 7) is 4.45. The van der Waals surface area contributed by atoms with Crippen molar-refractivity contribution >= 4 is 7.85 Å². The van der Waals surface area contributed by atoms with Gasteiger partial charge >= 0.3 is 0 Å². The summed E-state index contributed by atoms with van der Waals surface area (Å²) in [5.41, 5.74) is 0.562. The van der Waals surface area contributed by atoms with Gasteiger partial charge < -0.3 is 0 Å². The molecule has 0 aromatic rings. The standard InChI is InChI=1S/C19H27B/c1-2-18-9-10-6-14-13-8-12-11(17(14)18)4-3-5-15(12)19(18,20)16(13)7-10/h2,10-17H,1,3-9,20H2. The lowest BCUT2D eigenvalue weighted by Crippen LogP contribution is -2.75. The van der Waals surface area contributed by atoms with E-state index in [0.29, 0.717) is 10.7 Å². The predicted octanol–water partition coefficient (Wildman–Crippen LogP) is 3.69. The van der Waals surface area contributed by atoms with Crippen LogP contribution < -0.4 is 0 Å². The van der Waals surface area contributed by atoms with E-state index in [-0.39, 0.29) is 0 Å². The molecule has 0 amide bonds. The van der Waals surface area contributed by atoms with Gasteiger partial charge in [-0.25, -0.2) is 0 Å². The van der Waals surface area contributed by atoms with Crippen molar-refractivity contribution in [2.45, 2.75) is 50.3 Å². The van der Waals surface area contributed by atoms with Crippen molar-refractivity contribution in [3.8, 4) is 0 Å². The highest BCUT2D eigenvalue weighted by atomic mass is 14.8. The average molecular weight is 266 g/mol. The fraction of sp³-hybridized carbons (Fsp3) is 0.895. The number of rotatable bonds is 1. The van der Waals surface area contributed by atoms with Crippen LogP contribution in [0, 0.1) is 52.8 Å². The van der Waals surface area contributed by atoms with Gasteiger partial charge in [0.25, 0.3) is 0 Å². The van der Waals surface area contributed by atoms with E-state index in [9.17, 15) is 0 Å². The zero-order valence-electron chi connectivity index (χ0n) is 12.9. The Bertz CT molecular complexity index is 496. The molecule has 8 fully saturated rings. The summed E-state index contributed by atoms with van der Waals surface area (Å²) < 4.78 is 0. The van der Waals surface area contributed by atoms with Gasteiger partial charge in [-0.05, 0) is 90.2 Å². The first-order chi connectivity index (χ1) is 9.70. The second kappa shape index (κ2) is 3.11. The summed E-state index contributed by atoms with van der Waals surface area (Å²) in [5.74, 6) is 8.73. The van der Waals surface area contributed by atoms with E-state index in [1.807, 2.05) is 0 Å². The first-order valence-electron chi connectivity index (χ1n) is 9.34. The van der Waals surface area contributed by atoms with Crippen molar-refractivity contribution in [3.63, 3.8) is 0 Å². The third-order valence-corrected chi connectivity index (χ3v) is 9.97. The molecule has 20 heavy (non-hydrogen) atoms. The minimum Gasteiger partial charge on any atom is -0.103 e. The third kappa shape index (κ3) is 0.852. The number of hydrogen-bond donors (Lipinski definition) is 0. The van der Waals surface area contributed by atoms with Gasteiger partial charge in [0.2, 0.25) is 0 Å². The van der Waals surface area contributed by atoms with Crippen LogP contribution in [-0.4, -0.2) is 7.85 Å². The largest absolute Gasteiger partial charge is 0.111 e. The van der Waals surface area contributed by atoms with Crippen LogP contribution in [-0.2, 0) is 0 Å². The molecule has 8 aliphatic rings. The first kappa shape index (κ1) is 11.4. The van der Waals surface area contributed by atoms with Crippen LogP contribution >= 0.6 is 0 Å². The zero-order chi connectivity index (χ0) is 13.3. The van der Waals surface area contributed by atoms with Gasteiger partial charge in [0.05, 0.1) is 0 Å². The van der Waals surface area contributed by atoms with Crippen LogP contribution in [0.4, 0.5) is 0 Å².